The molecule has 0 bridgehead atoms. The van der Waals surface area contributed by atoms with Crippen molar-refractivity contribution in [1.82, 2.24) is 0 Å². The first-order valence-electron chi connectivity index (χ1n) is 5.83. The number of esters is 1. The summed E-state index contributed by atoms with van der Waals surface area (Å²) in [7, 11) is 1.50. The molecule has 0 aliphatic heterocycles. The lowest BCUT2D eigenvalue weighted by Gasteiger charge is -2.51. The van der Waals surface area contributed by atoms with Crippen LogP contribution in [-0.2, 0) is 9.53 Å². The predicted molar refractivity (Wildman–Crippen MR) is 62.9 cm³/mol. The summed E-state index contributed by atoms with van der Waals surface area (Å²) >= 11 is 3.55. The summed E-state index contributed by atoms with van der Waals surface area (Å²) < 4.78 is 4.81. The van der Waals surface area contributed by atoms with Crippen LogP contribution >= 0.6 is 15.9 Å². The molecule has 2 aliphatic carbocycles. The van der Waals surface area contributed by atoms with E-state index in [1.54, 1.807) is 0 Å². The molecular formula is C12H19BrO2. The van der Waals surface area contributed by atoms with Gasteiger partial charge in [0.05, 0.1) is 13.0 Å². The van der Waals surface area contributed by atoms with Crippen LogP contribution in [0.1, 0.15) is 38.5 Å². The van der Waals surface area contributed by atoms with E-state index in [1.165, 1.54) is 32.8 Å². The van der Waals surface area contributed by atoms with Gasteiger partial charge in [-0.15, -0.1) is 0 Å². The first kappa shape index (κ1) is 11.4. The van der Waals surface area contributed by atoms with Gasteiger partial charge in [0.15, 0.2) is 0 Å². The van der Waals surface area contributed by atoms with Crippen molar-refractivity contribution in [3.63, 3.8) is 0 Å². The number of carbonyl (C=O) groups is 1. The van der Waals surface area contributed by atoms with Gasteiger partial charge in [-0.3, -0.25) is 4.79 Å². The number of hydrogen-bond acceptors (Lipinski definition) is 2. The third-order valence-electron chi connectivity index (χ3n) is 4.24. The highest BCUT2D eigenvalue weighted by Gasteiger charge is 2.46. The van der Waals surface area contributed by atoms with E-state index in [2.05, 4.69) is 15.9 Å². The molecule has 0 N–H and O–H groups in total. The van der Waals surface area contributed by atoms with E-state index in [0.717, 1.165) is 24.1 Å². The summed E-state index contributed by atoms with van der Waals surface area (Å²) in [6, 6.07) is 0. The molecule has 0 saturated heterocycles. The van der Waals surface area contributed by atoms with Crippen molar-refractivity contribution >= 4 is 21.9 Å². The Hall–Kier alpha value is -0.0500. The van der Waals surface area contributed by atoms with Gasteiger partial charge in [0, 0.05) is 5.33 Å². The van der Waals surface area contributed by atoms with Crippen molar-refractivity contribution in [3.05, 3.63) is 0 Å². The van der Waals surface area contributed by atoms with E-state index < -0.39 is 0 Å². The molecule has 0 radical (unpaired) electrons. The zero-order valence-electron chi connectivity index (χ0n) is 9.30. The molecule has 86 valence electrons. The van der Waals surface area contributed by atoms with Crippen LogP contribution in [-0.4, -0.2) is 18.4 Å². The van der Waals surface area contributed by atoms with Crippen molar-refractivity contribution in [2.24, 2.45) is 17.3 Å². The van der Waals surface area contributed by atoms with Crippen molar-refractivity contribution < 1.29 is 9.53 Å². The van der Waals surface area contributed by atoms with Crippen LogP contribution in [0.15, 0.2) is 0 Å². The molecule has 15 heavy (non-hydrogen) atoms. The van der Waals surface area contributed by atoms with Crippen LogP contribution in [0.3, 0.4) is 0 Å². The second kappa shape index (κ2) is 4.44. The summed E-state index contributed by atoms with van der Waals surface area (Å²) in [5.74, 6) is 1.07. The standard InChI is InChI=1S/C12H19BrO2/c1-15-11(14)10-2-4-12(5-3-10)6-9(7-12)8-13/h9-10H,2-8H2,1H3. The van der Waals surface area contributed by atoms with Crippen molar-refractivity contribution in [1.29, 1.82) is 0 Å². The van der Waals surface area contributed by atoms with Gasteiger partial charge in [-0.25, -0.2) is 0 Å². The van der Waals surface area contributed by atoms with Gasteiger partial charge in [0.25, 0.3) is 0 Å². The number of carbonyl (C=O) groups excluding carboxylic acids is 1. The molecule has 2 rings (SSSR count). The van der Waals surface area contributed by atoms with Gasteiger partial charge < -0.3 is 4.74 Å². The molecular weight excluding hydrogens is 256 g/mol. The molecule has 0 unspecified atom stereocenters. The summed E-state index contributed by atoms with van der Waals surface area (Å²) in [4.78, 5) is 11.4. The Bertz CT molecular complexity index is 236. The Balaban J connectivity index is 1.80. The lowest BCUT2D eigenvalue weighted by Crippen LogP contribution is -2.42. The molecule has 2 saturated carbocycles. The molecule has 0 aromatic rings. The minimum Gasteiger partial charge on any atom is -0.469 e. The average Bonchev–Trinajstić information content (AvgIpc) is 2.25. The Kier molecular flexibility index (Phi) is 3.39. The minimum absolute atomic E-state index is 0.00112. The molecule has 0 aromatic heterocycles. The summed E-state index contributed by atoms with van der Waals surface area (Å²) in [6.45, 7) is 0. The van der Waals surface area contributed by atoms with Gasteiger partial charge in [-0.1, -0.05) is 15.9 Å². The molecule has 2 nitrogen and oxygen atoms in total. The molecule has 0 heterocycles. The van der Waals surface area contributed by atoms with Gasteiger partial charge >= 0.3 is 5.97 Å². The van der Waals surface area contributed by atoms with E-state index in [4.69, 9.17) is 4.74 Å². The number of hydrogen-bond donors (Lipinski definition) is 0. The zero-order chi connectivity index (χ0) is 10.9. The number of halogens is 1. The number of methoxy groups -OCH3 is 1. The first-order chi connectivity index (χ1) is 7.19. The first-order valence-corrected chi connectivity index (χ1v) is 6.95. The fourth-order valence-electron chi connectivity index (χ4n) is 3.31. The SMILES string of the molecule is COC(=O)C1CCC2(CC1)CC(CBr)C2. The lowest BCUT2D eigenvalue weighted by molar-refractivity contribution is -0.148. The summed E-state index contributed by atoms with van der Waals surface area (Å²) in [5, 5.41) is 1.15. The summed E-state index contributed by atoms with van der Waals surface area (Å²) in [5.41, 5.74) is 0.600. The molecule has 0 aromatic carbocycles. The zero-order valence-corrected chi connectivity index (χ0v) is 10.9. The van der Waals surface area contributed by atoms with Crippen molar-refractivity contribution in [3.8, 4) is 0 Å². The normalized spacial score (nSPS) is 39.9. The van der Waals surface area contributed by atoms with Crippen LogP contribution in [0.5, 0.6) is 0 Å². The minimum atomic E-state index is 0.00112. The number of alkyl halides is 1. The van der Waals surface area contributed by atoms with E-state index in [9.17, 15) is 4.79 Å². The van der Waals surface area contributed by atoms with Gasteiger partial charge in [-0.2, -0.15) is 0 Å². The molecule has 2 fully saturated rings. The smallest absolute Gasteiger partial charge is 0.308 e. The molecule has 3 heteroatoms. The van der Waals surface area contributed by atoms with Crippen LogP contribution in [0.4, 0.5) is 0 Å². The molecule has 1 spiro atoms. The van der Waals surface area contributed by atoms with E-state index in [-0.39, 0.29) is 11.9 Å². The highest BCUT2D eigenvalue weighted by Crippen LogP contribution is 2.56. The molecule has 2 aliphatic rings. The van der Waals surface area contributed by atoms with E-state index >= 15 is 0 Å². The Morgan fingerprint density at radius 1 is 1.40 bits per heavy atom. The van der Waals surface area contributed by atoms with Crippen LogP contribution in [0.25, 0.3) is 0 Å². The van der Waals surface area contributed by atoms with E-state index in [1.807, 2.05) is 0 Å². The average molecular weight is 275 g/mol. The lowest BCUT2D eigenvalue weighted by atomic mass is 9.55. The van der Waals surface area contributed by atoms with Crippen LogP contribution in [0, 0.1) is 17.3 Å². The Labute approximate surface area is 99.9 Å². The molecule has 0 amide bonds. The molecule has 0 atom stereocenters. The third kappa shape index (κ3) is 2.22. The predicted octanol–water partition coefficient (Wildman–Crippen LogP) is 3.14. The van der Waals surface area contributed by atoms with Crippen LogP contribution in [0.2, 0.25) is 0 Å². The number of ether oxygens (including phenoxy) is 1. The maximum absolute atomic E-state index is 11.4. The van der Waals surface area contributed by atoms with E-state index in [0.29, 0.717) is 5.41 Å². The summed E-state index contributed by atoms with van der Waals surface area (Å²) in [6.07, 6.45) is 7.29. The topological polar surface area (TPSA) is 26.3 Å². The van der Waals surface area contributed by atoms with Crippen LogP contribution < -0.4 is 0 Å². The fourth-order valence-corrected chi connectivity index (χ4v) is 3.77. The number of rotatable bonds is 2. The fraction of sp³-hybridized carbons (Fsp3) is 0.917. The Morgan fingerprint density at radius 2 is 2.00 bits per heavy atom. The highest BCUT2D eigenvalue weighted by atomic mass is 79.9. The van der Waals surface area contributed by atoms with Crippen molar-refractivity contribution in [2.75, 3.05) is 12.4 Å². The van der Waals surface area contributed by atoms with Crippen molar-refractivity contribution in [2.45, 2.75) is 38.5 Å². The maximum Gasteiger partial charge on any atom is 0.308 e. The highest BCUT2D eigenvalue weighted by molar-refractivity contribution is 9.09. The van der Waals surface area contributed by atoms with Gasteiger partial charge in [-0.05, 0) is 49.9 Å². The quantitative estimate of drug-likeness (QED) is 0.571. The second-order valence-corrected chi connectivity index (χ2v) is 5.87. The largest absolute Gasteiger partial charge is 0.469 e. The van der Waals surface area contributed by atoms with Gasteiger partial charge in [0.1, 0.15) is 0 Å². The monoisotopic (exact) mass is 274 g/mol. The Morgan fingerprint density at radius 3 is 2.47 bits per heavy atom. The van der Waals surface area contributed by atoms with Gasteiger partial charge in [0.2, 0.25) is 0 Å². The second-order valence-electron chi connectivity index (χ2n) is 5.23. The third-order valence-corrected chi connectivity index (χ3v) is 5.16. The maximum atomic E-state index is 11.4.